The number of halogens is 3. The highest BCUT2D eigenvalue weighted by atomic mass is 32.1. The number of anilines is 2. The van der Waals surface area contributed by atoms with Crippen LogP contribution in [0.4, 0.5) is 24.5 Å². The average molecular weight is 584 g/mol. The van der Waals surface area contributed by atoms with Gasteiger partial charge >= 0.3 is 5.97 Å². The summed E-state index contributed by atoms with van der Waals surface area (Å²) in [6, 6.07) is 7.82. The quantitative estimate of drug-likeness (QED) is 0.280. The van der Waals surface area contributed by atoms with E-state index in [4.69, 9.17) is 22.1 Å². The van der Waals surface area contributed by atoms with Crippen molar-refractivity contribution in [3.05, 3.63) is 65.3 Å². The minimum absolute atomic E-state index is 0.00332. The molecular formula is C28H24F3N5O4S. The number of aliphatic carboxylic acids is 1. The highest BCUT2D eigenvalue weighted by Gasteiger charge is 2.51. The second-order valence-corrected chi connectivity index (χ2v) is 9.95. The summed E-state index contributed by atoms with van der Waals surface area (Å²) in [5.74, 6) is -6.09. The fourth-order valence-electron chi connectivity index (χ4n) is 4.52. The molecule has 0 spiro atoms. The fourth-order valence-corrected chi connectivity index (χ4v) is 5.04. The van der Waals surface area contributed by atoms with Gasteiger partial charge in [-0.3, -0.25) is 9.69 Å². The third kappa shape index (κ3) is 5.18. The van der Waals surface area contributed by atoms with Crippen LogP contribution in [0.5, 0.6) is 5.88 Å². The molecule has 0 atom stereocenters. The first kappa shape index (κ1) is 29.4. The van der Waals surface area contributed by atoms with Gasteiger partial charge in [-0.2, -0.15) is 19.0 Å². The van der Waals surface area contributed by atoms with E-state index in [1.165, 1.54) is 43.9 Å². The Hall–Kier alpha value is -4.57. The molecular weight excluding hydrogens is 559 g/mol. The van der Waals surface area contributed by atoms with Crippen molar-refractivity contribution in [2.45, 2.75) is 45.6 Å². The van der Waals surface area contributed by atoms with Gasteiger partial charge in [0.1, 0.15) is 16.9 Å². The molecule has 13 heteroatoms. The number of carbonyl (C=O) groups is 2. The lowest BCUT2D eigenvalue weighted by Crippen LogP contribution is -2.44. The van der Waals surface area contributed by atoms with Crippen LogP contribution in [0.25, 0.3) is 10.9 Å². The molecule has 4 rings (SSSR count). The number of alkyl halides is 2. The van der Waals surface area contributed by atoms with Crippen LogP contribution in [0.3, 0.4) is 0 Å². The molecule has 0 unspecified atom stereocenters. The Balaban J connectivity index is 1.86. The number of rotatable bonds is 8. The number of aryl methyl sites for hydroxylation is 1. The molecule has 0 bridgehead atoms. The Morgan fingerprint density at radius 1 is 1.24 bits per heavy atom. The molecule has 1 aromatic heterocycles. The molecule has 1 aliphatic rings. The second kappa shape index (κ2) is 10.8. The Labute approximate surface area is 238 Å². The van der Waals surface area contributed by atoms with E-state index in [1.54, 1.807) is 13.0 Å². The van der Waals surface area contributed by atoms with Crippen LogP contribution in [0.1, 0.15) is 44.6 Å². The van der Waals surface area contributed by atoms with Crippen LogP contribution in [-0.4, -0.2) is 44.2 Å². The van der Waals surface area contributed by atoms with Gasteiger partial charge < -0.3 is 14.7 Å². The molecule has 2 aromatic carbocycles. The lowest BCUT2D eigenvalue weighted by Gasteiger charge is -2.29. The van der Waals surface area contributed by atoms with Gasteiger partial charge in [0.15, 0.2) is 17.5 Å². The zero-order valence-corrected chi connectivity index (χ0v) is 23.2. The number of nitrogens with zero attached hydrogens (tertiary/aromatic N) is 5. The van der Waals surface area contributed by atoms with Gasteiger partial charge in [-0.1, -0.05) is 13.0 Å². The molecule has 41 heavy (non-hydrogen) atoms. The normalized spacial score (nSPS) is 15.2. The van der Waals surface area contributed by atoms with E-state index in [0.29, 0.717) is 12.5 Å². The summed E-state index contributed by atoms with van der Waals surface area (Å²) in [5.41, 5.74) is -2.32. The van der Waals surface area contributed by atoms with Crippen molar-refractivity contribution in [3.8, 4) is 11.9 Å². The second-order valence-electron chi connectivity index (χ2n) is 9.59. The summed E-state index contributed by atoms with van der Waals surface area (Å²) in [6.45, 7) is 5.48. The van der Waals surface area contributed by atoms with Gasteiger partial charge in [0.25, 0.3) is 11.8 Å². The first-order valence-corrected chi connectivity index (χ1v) is 12.8. The summed E-state index contributed by atoms with van der Waals surface area (Å²) < 4.78 is 50.5. The molecule has 1 fully saturated rings. The van der Waals surface area contributed by atoms with Crippen LogP contribution < -0.4 is 14.5 Å². The van der Waals surface area contributed by atoms with Crippen LogP contribution in [0, 0.1) is 17.1 Å². The highest BCUT2D eigenvalue weighted by molar-refractivity contribution is 7.81. The number of carboxylic acid groups (broad SMARTS) is 1. The maximum Gasteiger partial charge on any atom is 0.341 e. The van der Waals surface area contributed by atoms with Crippen molar-refractivity contribution >= 4 is 51.5 Å². The average Bonchev–Trinajstić information content (AvgIpc) is 3.09. The Kier molecular flexibility index (Phi) is 7.73. The zero-order valence-electron chi connectivity index (χ0n) is 22.4. The number of ether oxygens (including phenoxy) is 1. The van der Waals surface area contributed by atoms with E-state index in [9.17, 15) is 23.6 Å². The molecule has 212 valence electrons. The smallest absolute Gasteiger partial charge is 0.341 e. The third-order valence-corrected chi connectivity index (χ3v) is 6.81. The number of benzene rings is 2. The molecule has 0 radical (unpaired) electrons. The number of nitriles is 1. The Morgan fingerprint density at radius 3 is 2.56 bits per heavy atom. The van der Waals surface area contributed by atoms with Crippen LogP contribution in [0.15, 0.2) is 42.5 Å². The number of carboxylic acids is 1. The summed E-state index contributed by atoms with van der Waals surface area (Å²) in [4.78, 5) is 35.6. The van der Waals surface area contributed by atoms with Crippen molar-refractivity contribution < 1.29 is 32.6 Å². The predicted octanol–water partition coefficient (Wildman–Crippen LogP) is 5.25. The summed E-state index contributed by atoms with van der Waals surface area (Å²) in [7, 11) is 0. The first-order valence-electron chi connectivity index (χ1n) is 12.4. The van der Waals surface area contributed by atoms with E-state index in [1.807, 2.05) is 0 Å². The topological polar surface area (TPSA) is 120 Å². The summed E-state index contributed by atoms with van der Waals surface area (Å²) in [6.07, 6.45) is 2.12. The molecule has 1 saturated heterocycles. The van der Waals surface area contributed by atoms with E-state index >= 15 is 4.39 Å². The van der Waals surface area contributed by atoms with Crippen LogP contribution in [-0.2, 0) is 21.9 Å². The van der Waals surface area contributed by atoms with E-state index in [-0.39, 0.29) is 44.7 Å². The molecule has 1 aliphatic heterocycles. The van der Waals surface area contributed by atoms with Gasteiger partial charge in [0.2, 0.25) is 5.88 Å². The number of fused-ring (bicyclic) bond motifs is 1. The maximum atomic E-state index is 15.5. The molecule has 3 aromatic rings. The summed E-state index contributed by atoms with van der Waals surface area (Å²) >= 11 is 5.63. The van der Waals surface area contributed by atoms with E-state index in [2.05, 4.69) is 9.97 Å². The van der Waals surface area contributed by atoms with Gasteiger partial charge in [-0.15, -0.1) is 0 Å². The van der Waals surface area contributed by atoms with Gasteiger partial charge in [-0.25, -0.2) is 14.2 Å². The maximum absolute atomic E-state index is 15.5. The third-order valence-electron chi connectivity index (χ3n) is 6.44. The van der Waals surface area contributed by atoms with Gasteiger partial charge in [0.05, 0.1) is 22.7 Å². The number of carbonyl (C=O) groups excluding carboxylic acids is 1. The number of aromatic nitrogens is 2. The number of thiocarbonyl (C=S) groups is 1. The lowest BCUT2D eigenvalue weighted by molar-refractivity contribution is -0.139. The molecule has 1 amide bonds. The number of allylic oxidation sites excluding steroid dienone is 2. The van der Waals surface area contributed by atoms with Crippen LogP contribution >= 0.6 is 12.2 Å². The van der Waals surface area contributed by atoms with Crippen molar-refractivity contribution in [2.24, 2.45) is 0 Å². The highest BCUT2D eigenvalue weighted by Crippen LogP contribution is 2.41. The van der Waals surface area contributed by atoms with Crippen molar-refractivity contribution in [1.82, 2.24) is 9.97 Å². The fraction of sp³-hybridized carbons (Fsp3) is 0.286. The van der Waals surface area contributed by atoms with Crippen LogP contribution in [0.2, 0.25) is 0 Å². The monoisotopic (exact) mass is 583 g/mol. The van der Waals surface area contributed by atoms with Gasteiger partial charge in [0, 0.05) is 17.7 Å². The number of hydrogen-bond donors (Lipinski definition) is 1. The number of amides is 1. The number of hydrogen-bond acceptors (Lipinski definition) is 7. The molecule has 0 aliphatic carbocycles. The minimum atomic E-state index is -3.50. The Morgan fingerprint density at radius 2 is 1.95 bits per heavy atom. The van der Waals surface area contributed by atoms with E-state index < -0.39 is 41.3 Å². The SMILES string of the molecule is C/C=C/C(F)(F)c1cc(N2C(=O)C(C)(C)N(c3cc(F)c4nc(CC)nc(OCC(=O)O)c4c3)C2=S)ccc1C#N. The largest absolute Gasteiger partial charge is 0.479 e. The first-order chi connectivity index (χ1) is 19.3. The molecule has 2 heterocycles. The Bertz CT molecular complexity index is 1670. The summed E-state index contributed by atoms with van der Waals surface area (Å²) in [5, 5.41) is 18.4. The molecule has 1 N–H and O–H groups in total. The van der Waals surface area contributed by atoms with E-state index in [0.717, 1.165) is 23.1 Å². The minimum Gasteiger partial charge on any atom is -0.479 e. The van der Waals surface area contributed by atoms with Crippen molar-refractivity contribution in [2.75, 3.05) is 16.4 Å². The van der Waals surface area contributed by atoms with Gasteiger partial charge in [-0.05, 0) is 69.4 Å². The standard InChI is InChI=1S/C28H24F3N5O4S/c1-5-9-28(30,31)19-11-16(8-7-15(19)13-32)35-25(39)27(3,4)36(26(35)41)17-10-18-23(20(29)12-17)33-21(6-2)34-24(18)40-14-22(37)38/h5,7-12H,6,14H2,1-4H3,(H,37,38)/b9-5+. The lowest BCUT2D eigenvalue weighted by atomic mass is 9.99. The molecule has 9 nitrogen and oxygen atoms in total. The van der Waals surface area contributed by atoms with Crippen molar-refractivity contribution in [1.29, 1.82) is 5.26 Å². The predicted molar refractivity (Wildman–Crippen MR) is 149 cm³/mol. The zero-order chi connectivity index (χ0) is 30.3. The molecule has 0 saturated carbocycles. The van der Waals surface area contributed by atoms with Crippen molar-refractivity contribution in [3.63, 3.8) is 0 Å².